The van der Waals surface area contributed by atoms with E-state index in [2.05, 4.69) is 9.97 Å². The van der Waals surface area contributed by atoms with E-state index in [4.69, 9.17) is 9.47 Å². The van der Waals surface area contributed by atoms with E-state index in [1.807, 2.05) is 11.4 Å². The van der Waals surface area contributed by atoms with Gasteiger partial charge in [-0.05, 0) is 11.4 Å². The molecular weight excluding hydrogens is 300 g/mol. The van der Waals surface area contributed by atoms with Crippen LogP contribution in [-0.4, -0.2) is 40.4 Å². The number of esters is 2. The number of fused-ring (bicyclic) bond motifs is 1. The quantitative estimate of drug-likeness (QED) is 0.482. The van der Waals surface area contributed by atoms with Gasteiger partial charge < -0.3 is 9.47 Å². The summed E-state index contributed by atoms with van der Waals surface area (Å²) < 4.78 is 9.80. The summed E-state index contributed by atoms with van der Waals surface area (Å²) in [5, 5.41) is 3.59. The summed E-state index contributed by atoms with van der Waals surface area (Å²) in [4.78, 5) is 32.1. The predicted octanol–water partition coefficient (Wildman–Crippen LogP) is 1.64. The summed E-state index contributed by atoms with van der Waals surface area (Å²) in [5.41, 5.74) is 0. The number of aromatic nitrogens is 2. The molecule has 0 N–H and O–H groups in total. The maximum absolute atomic E-state index is 11.7. The van der Waals surface area contributed by atoms with Gasteiger partial charge in [-0.1, -0.05) is 11.8 Å². The van der Waals surface area contributed by atoms with Crippen LogP contribution in [0.1, 0.15) is 6.42 Å². The number of ether oxygens (including phenoxy) is 2. The highest BCUT2D eigenvalue weighted by Gasteiger charge is 2.30. The maximum atomic E-state index is 11.7. The number of thioether (sulfide) groups is 1. The van der Waals surface area contributed by atoms with Gasteiger partial charge >= 0.3 is 11.9 Å². The van der Waals surface area contributed by atoms with Crippen molar-refractivity contribution in [1.29, 1.82) is 0 Å². The molecule has 20 heavy (non-hydrogen) atoms. The number of nitrogens with zero attached hydrogens (tertiary/aromatic N) is 2. The minimum Gasteiger partial charge on any atom is -0.463 e. The normalized spacial score (nSPS) is 18.2. The third-order valence-electron chi connectivity index (χ3n) is 2.71. The first-order chi connectivity index (χ1) is 9.74. The molecule has 0 aliphatic carbocycles. The first-order valence-electron chi connectivity index (χ1n) is 5.91. The number of thiophene rings is 1. The molecule has 1 aliphatic heterocycles. The molecule has 6 nitrogen and oxygen atoms in total. The number of hydrogen-bond donors (Lipinski definition) is 0. The van der Waals surface area contributed by atoms with Gasteiger partial charge in [0.05, 0.1) is 12.4 Å². The van der Waals surface area contributed by atoms with Gasteiger partial charge in [-0.3, -0.25) is 4.79 Å². The molecule has 0 unspecified atom stereocenters. The third kappa shape index (κ3) is 2.75. The highest BCUT2D eigenvalue weighted by Crippen LogP contribution is 2.27. The summed E-state index contributed by atoms with van der Waals surface area (Å²) in [6.45, 7) is 0.311. The predicted molar refractivity (Wildman–Crippen MR) is 73.6 cm³/mol. The van der Waals surface area contributed by atoms with Crippen LogP contribution in [0.5, 0.6) is 0 Å². The van der Waals surface area contributed by atoms with Crippen molar-refractivity contribution < 1.29 is 19.1 Å². The van der Waals surface area contributed by atoms with Crippen LogP contribution in [0, 0.1) is 0 Å². The smallest absolute Gasteiger partial charge is 0.347 e. The molecule has 0 aromatic carbocycles. The molecule has 3 rings (SSSR count). The lowest BCUT2D eigenvalue weighted by molar-refractivity contribution is -0.158. The van der Waals surface area contributed by atoms with E-state index in [1.165, 1.54) is 29.4 Å². The molecule has 1 fully saturated rings. The Kier molecular flexibility index (Phi) is 3.83. The molecule has 0 amide bonds. The van der Waals surface area contributed by atoms with Crippen LogP contribution < -0.4 is 0 Å². The van der Waals surface area contributed by atoms with Crippen LogP contribution in [0.4, 0.5) is 0 Å². The van der Waals surface area contributed by atoms with Gasteiger partial charge in [-0.15, -0.1) is 11.3 Å². The van der Waals surface area contributed by atoms with Crippen molar-refractivity contribution in [2.45, 2.75) is 17.6 Å². The second-order valence-electron chi connectivity index (χ2n) is 4.04. The summed E-state index contributed by atoms with van der Waals surface area (Å²) in [6, 6.07) is 1.92. The molecule has 1 saturated heterocycles. The second kappa shape index (κ2) is 5.76. The first kappa shape index (κ1) is 13.3. The Morgan fingerprint density at radius 2 is 2.45 bits per heavy atom. The van der Waals surface area contributed by atoms with E-state index in [0.717, 1.165) is 15.2 Å². The Morgan fingerprint density at radius 3 is 3.25 bits per heavy atom. The molecule has 0 radical (unpaired) electrons. The van der Waals surface area contributed by atoms with E-state index in [1.54, 1.807) is 0 Å². The Morgan fingerprint density at radius 1 is 1.55 bits per heavy atom. The number of hydrogen-bond acceptors (Lipinski definition) is 8. The van der Waals surface area contributed by atoms with Gasteiger partial charge in [0, 0.05) is 11.8 Å². The summed E-state index contributed by atoms with van der Waals surface area (Å²) in [5.74, 6) is -0.808. The lowest BCUT2D eigenvalue weighted by Gasteiger charge is -2.07. The summed E-state index contributed by atoms with van der Waals surface area (Å²) in [6.07, 6.45) is 1.15. The van der Waals surface area contributed by atoms with Gasteiger partial charge in [-0.2, -0.15) is 0 Å². The lowest BCUT2D eigenvalue weighted by Crippen LogP contribution is -2.23. The van der Waals surface area contributed by atoms with Crippen LogP contribution in [0.25, 0.3) is 10.2 Å². The van der Waals surface area contributed by atoms with E-state index in [-0.39, 0.29) is 5.75 Å². The van der Waals surface area contributed by atoms with Crippen molar-refractivity contribution in [3.8, 4) is 0 Å². The fourth-order valence-electron chi connectivity index (χ4n) is 1.79. The van der Waals surface area contributed by atoms with Gasteiger partial charge in [0.15, 0.2) is 0 Å². The minimum absolute atomic E-state index is 0.103. The number of carbonyl (C=O) groups excluding carboxylic acids is 2. The average molecular weight is 310 g/mol. The fourth-order valence-corrected chi connectivity index (χ4v) is 3.35. The largest absolute Gasteiger partial charge is 0.463 e. The molecule has 2 aromatic rings. The van der Waals surface area contributed by atoms with Crippen molar-refractivity contribution in [2.24, 2.45) is 0 Å². The van der Waals surface area contributed by atoms with Crippen molar-refractivity contribution >= 4 is 45.3 Å². The van der Waals surface area contributed by atoms with Crippen LogP contribution in [-0.2, 0) is 19.1 Å². The molecule has 0 saturated carbocycles. The van der Waals surface area contributed by atoms with E-state index < -0.39 is 18.0 Å². The van der Waals surface area contributed by atoms with Crippen LogP contribution >= 0.6 is 23.1 Å². The zero-order valence-corrected chi connectivity index (χ0v) is 11.9. The zero-order chi connectivity index (χ0) is 13.9. The van der Waals surface area contributed by atoms with Crippen molar-refractivity contribution in [3.63, 3.8) is 0 Å². The van der Waals surface area contributed by atoms with Gasteiger partial charge in [0.1, 0.15) is 16.2 Å². The Balaban J connectivity index is 1.60. The van der Waals surface area contributed by atoms with Crippen LogP contribution in [0.2, 0.25) is 0 Å². The third-order valence-corrected chi connectivity index (χ3v) is 4.51. The van der Waals surface area contributed by atoms with Crippen molar-refractivity contribution in [3.05, 3.63) is 17.8 Å². The molecule has 1 aliphatic rings. The topological polar surface area (TPSA) is 78.4 Å². The highest BCUT2D eigenvalue weighted by atomic mass is 32.2. The second-order valence-corrected chi connectivity index (χ2v) is 5.90. The molecule has 0 bridgehead atoms. The minimum atomic E-state index is -0.755. The Hall–Kier alpha value is -1.67. The number of carbonyl (C=O) groups is 2. The van der Waals surface area contributed by atoms with Crippen LogP contribution in [0.15, 0.2) is 22.8 Å². The van der Waals surface area contributed by atoms with Gasteiger partial charge in [0.25, 0.3) is 0 Å². The average Bonchev–Trinajstić information content (AvgIpc) is 3.06. The van der Waals surface area contributed by atoms with Crippen molar-refractivity contribution in [2.75, 3.05) is 12.4 Å². The molecule has 8 heteroatoms. The van der Waals surface area contributed by atoms with Crippen LogP contribution in [0.3, 0.4) is 0 Å². The van der Waals surface area contributed by atoms with Crippen molar-refractivity contribution in [1.82, 2.24) is 9.97 Å². The van der Waals surface area contributed by atoms with E-state index in [0.29, 0.717) is 13.0 Å². The molecule has 2 aromatic heterocycles. The van der Waals surface area contributed by atoms with E-state index in [9.17, 15) is 9.59 Å². The molecule has 0 spiro atoms. The zero-order valence-electron chi connectivity index (χ0n) is 10.3. The van der Waals surface area contributed by atoms with E-state index >= 15 is 0 Å². The van der Waals surface area contributed by atoms with Gasteiger partial charge in [-0.25, -0.2) is 14.8 Å². The Labute approximate surface area is 122 Å². The Bertz CT molecular complexity index is 658. The van der Waals surface area contributed by atoms with Gasteiger partial charge in [0.2, 0.25) is 6.10 Å². The SMILES string of the molecule is O=C(CSc1ncnc2sccc12)O[C@@H]1CCOC1=O. The molecular formula is C12H10N2O4S2. The first-order valence-corrected chi connectivity index (χ1v) is 7.77. The monoisotopic (exact) mass is 310 g/mol. The molecule has 1 atom stereocenters. The maximum Gasteiger partial charge on any atom is 0.347 e. The summed E-state index contributed by atoms with van der Waals surface area (Å²) >= 11 is 2.80. The highest BCUT2D eigenvalue weighted by molar-refractivity contribution is 8.00. The molecule has 104 valence electrons. The number of cyclic esters (lactones) is 1. The fraction of sp³-hybridized carbons (Fsp3) is 0.333. The molecule has 3 heterocycles. The standard InChI is InChI=1S/C12H10N2O4S2/c15-9(18-8-1-3-17-12(8)16)5-20-11-7-2-4-19-10(7)13-6-14-11/h2,4,6,8H,1,3,5H2/t8-/m1/s1. The summed E-state index contributed by atoms with van der Waals surface area (Å²) in [7, 11) is 0. The lowest BCUT2D eigenvalue weighted by atomic mass is 10.3. The number of rotatable bonds is 4.